The summed E-state index contributed by atoms with van der Waals surface area (Å²) < 4.78 is 62.8. The van der Waals surface area contributed by atoms with Crippen molar-refractivity contribution in [2.45, 2.75) is 70.2 Å². The van der Waals surface area contributed by atoms with Crippen LogP contribution in [0.5, 0.6) is 0 Å². The molecule has 5 rings (SSSR count). The lowest BCUT2D eigenvalue weighted by Gasteiger charge is -2.51. The van der Waals surface area contributed by atoms with E-state index in [-0.39, 0.29) is 41.5 Å². The lowest BCUT2D eigenvalue weighted by Crippen LogP contribution is -2.54. The van der Waals surface area contributed by atoms with E-state index < -0.39 is 35.1 Å². The molecule has 0 spiro atoms. The first kappa shape index (κ1) is 29.8. The Morgan fingerprint density at radius 2 is 2.02 bits per heavy atom. The van der Waals surface area contributed by atoms with Gasteiger partial charge in [-0.3, -0.25) is 9.78 Å². The number of thioether (sulfide) groups is 1. The zero-order valence-corrected chi connectivity index (χ0v) is 24.1. The summed E-state index contributed by atoms with van der Waals surface area (Å²) in [7, 11) is 0. The van der Waals surface area contributed by atoms with Crippen LogP contribution in [-0.2, 0) is 10.3 Å². The molecular formula is C29H35F4N5O2S. The number of amides is 1. The summed E-state index contributed by atoms with van der Waals surface area (Å²) in [5, 5.41) is 2.96. The molecule has 2 fully saturated rings. The number of nitrogens with one attached hydrogen (secondary N) is 1. The normalized spacial score (nSPS) is 32.0. The van der Waals surface area contributed by atoms with E-state index in [1.54, 1.807) is 6.92 Å². The number of nitrogens with zero attached hydrogens (tertiary/aromatic N) is 3. The average molecular weight is 594 g/mol. The van der Waals surface area contributed by atoms with Crippen LogP contribution in [-0.4, -0.2) is 45.2 Å². The predicted octanol–water partition coefficient (Wildman–Crippen LogP) is 6.27. The summed E-state index contributed by atoms with van der Waals surface area (Å²) in [6, 6.07) is 4.15. The Kier molecular flexibility index (Phi) is 8.35. The monoisotopic (exact) mass is 593 g/mol. The Bertz CT molecular complexity index is 1310. The molecule has 3 unspecified atom stereocenters. The molecule has 1 aromatic carbocycles. The molecule has 3 N–H and O–H groups in total. The number of nitrogens with two attached hydrogens (primary N) is 1. The number of halogens is 4. The summed E-state index contributed by atoms with van der Waals surface area (Å²) in [5.41, 5.74) is 3.60. The van der Waals surface area contributed by atoms with Gasteiger partial charge in [-0.05, 0) is 68.6 Å². The van der Waals surface area contributed by atoms with Crippen LogP contribution in [0.1, 0.15) is 74.6 Å². The molecule has 3 heterocycles. The van der Waals surface area contributed by atoms with E-state index in [0.717, 1.165) is 18.8 Å². The van der Waals surface area contributed by atoms with Crippen LogP contribution in [0, 0.1) is 29.5 Å². The number of benzene rings is 1. The molecule has 2 aliphatic heterocycles. The van der Waals surface area contributed by atoms with Gasteiger partial charge in [-0.25, -0.2) is 27.5 Å². The first-order valence-corrected chi connectivity index (χ1v) is 14.9. The van der Waals surface area contributed by atoms with Crippen molar-refractivity contribution in [2.24, 2.45) is 34.4 Å². The number of hydrogen-bond acceptors (Lipinski definition) is 7. The van der Waals surface area contributed by atoms with Crippen molar-refractivity contribution in [1.82, 2.24) is 9.97 Å². The molecule has 1 saturated heterocycles. The molecule has 1 saturated carbocycles. The fraction of sp³-hybridized carbons (Fsp3) is 0.586. The molecule has 12 heteroatoms. The zero-order valence-electron chi connectivity index (χ0n) is 23.2. The Balaban J connectivity index is 1.41. The highest BCUT2D eigenvalue weighted by Gasteiger charge is 2.53. The van der Waals surface area contributed by atoms with Crippen molar-refractivity contribution in [3.05, 3.63) is 53.4 Å². The van der Waals surface area contributed by atoms with Crippen LogP contribution >= 0.6 is 11.8 Å². The van der Waals surface area contributed by atoms with Gasteiger partial charge in [0, 0.05) is 22.9 Å². The molecule has 2 aromatic rings. The van der Waals surface area contributed by atoms with E-state index in [0.29, 0.717) is 42.0 Å². The minimum atomic E-state index is -2.80. The van der Waals surface area contributed by atoms with Gasteiger partial charge in [0.2, 0.25) is 0 Å². The van der Waals surface area contributed by atoms with Gasteiger partial charge >= 0.3 is 0 Å². The maximum absolute atomic E-state index is 15.5. The smallest absolute Gasteiger partial charge is 0.281 e. The Hall–Kier alpha value is -2.73. The molecule has 222 valence electrons. The van der Waals surface area contributed by atoms with E-state index >= 15 is 8.78 Å². The number of carbonyl (C=O) groups is 1. The van der Waals surface area contributed by atoms with Crippen LogP contribution in [0.3, 0.4) is 0 Å². The summed E-state index contributed by atoms with van der Waals surface area (Å²) in [5.74, 6) is 0.0185. The number of hydrogen-bond donors (Lipinski definition) is 2. The highest BCUT2D eigenvalue weighted by molar-refractivity contribution is 8.13. The highest BCUT2D eigenvalue weighted by Crippen LogP contribution is 2.52. The molecule has 7 nitrogen and oxygen atoms in total. The average Bonchev–Trinajstić information content (AvgIpc) is 2.93. The maximum Gasteiger partial charge on any atom is 0.281 e. The molecule has 3 aliphatic rings. The van der Waals surface area contributed by atoms with Gasteiger partial charge < -0.3 is 15.8 Å². The van der Waals surface area contributed by atoms with Gasteiger partial charge in [0.15, 0.2) is 5.17 Å². The minimum Gasteiger partial charge on any atom is -0.379 e. The van der Waals surface area contributed by atoms with Gasteiger partial charge in [-0.1, -0.05) is 25.6 Å². The molecule has 41 heavy (non-hydrogen) atoms. The van der Waals surface area contributed by atoms with Crippen molar-refractivity contribution in [3.63, 3.8) is 0 Å². The fourth-order valence-electron chi connectivity index (χ4n) is 6.66. The number of rotatable bonds is 6. The third-order valence-corrected chi connectivity index (χ3v) is 9.77. The van der Waals surface area contributed by atoms with E-state index in [1.807, 2.05) is 0 Å². The fourth-order valence-corrected chi connectivity index (χ4v) is 7.67. The van der Waals surface area contributed by atoms with Gasteiger partial charge in [0.25, 0.3) is 12.3 Å². The number of fused-ring (bicyclic) bond motifs is 1. The molecule has 1 aliphatic carbocycles. The maximum atomic E-state index is 15.5. The Labute approximate surface area is 241 Å². The molecule has 0 radical (unpaired) electrons. The van der Waals surface area contributed by atoms with Gasteiger partial charge in [0.05, 0.1) is 25.1 Å². The van der Waals surface area contributed by atoms with Crippen molar-refractivity contribution < 1.29 is 27.1 Å². The van der Waals surface area contributed by atoms with Crippen LogP contribution < -0.4 is 11.1 Å². The lowest BCUT2D eigenvalue weighted by atomic mass is 9.64. The summed E-state index contributed by atoms with van der Waals surface area (Å²) >= 11 is 1.41. The third-order valence-electron chi connectivity index (χ3n) is 8.81. The first-order valence-electron chi connectivity index (χ1n) is 13.9. The van der Waals surface area contributed by atoms with Crippen molar-refractivity contribution in [1.29, 1.82) is 0 Å². The molecule has 1 amide bonds. The molecule has 6 atom stereocenters. The van der Waals surface area contributed by atoms with Crippen LogP contribution in [0.2, 0.25) is 0 Å². The van der Waals surface area contributed by atoms with Gasteiger partial charge in [-0.2, -0.15) is 0 Å². The minimum absolute atomic E-state index is 0.0399. The predicted molar refractivity (Wildman–Crippen MR) is 150 cm³/mol. The zero-order chi connectivity index (χ0) is 29.5. The number of aliphatic imine (C=N–C) groups is 1. The van der Waals surface area contributed by atoms with Crippen LogP contribution in [0.15, 0.2) is 35.6 Å². The topological polar surface area (TPSA) is 102 Å². The molecule has 0 bridgehead atoms. The van der Waals surface area contributed by atoms with E-state index in [1.165, 1.54) is 30.0 Å². The first-order chi connectivity index (χ1) is 19.4. The molecule has 1 aromatic heterocycles. The standard InChI is InChI=1S/C29H35F4N5O2S/c1-15(2)18-6-7-28(3,33)10-19(18)24-8-16-13-41-27(34)38-29(16,14-40-24)20-9-17(4-5-21(20)30)37-26(39)23-12-35-22(11-36-23)25(31)32/h4-5,9,11-12,15-16,18-19,24-25H,6-8,10,13-14H2,1-3H3,(H2,34,38)(H,37,39)/t16-,18?,19?,24+,28?,29-/m0/s1. The third kappa shape index (κ3) is 6.09. The van der Waals surface area contributed by atoms with E-state index in [4.69, 9.17) is 15.5 Å². The summed E-state index contributed by atoms with van der Waals surface area (Å²) in [4.78, 5) is 24.8. The number of aromatic nitrogens is 2. The van der Waals surface area contributed by atoms with Crippen molar-refractivity contribution >= 4 is 28.5 Å². The van der Waals surface area contributed by atoms with Crippen molar-refractivity contribution in [3.8, 4) is 0 Å². The second-order valence-electron chi connectivity index (χ2n) is 12.0. The largest absolute Gasteiger partial charge is 0.379 e. The SMILES string of the molecule is CC(C)C1CCC(C)(F)CC1[C@H]1C[C@H]2CSC(N)=N[C@@]2(c2cc(NC(=O)c3cnc(C(F)F)cn3)ccc2F)CO1. The second-order valence-corrected chi connectivity index (χ2v) is 13.0. The van der Waals surface area contributed by atoms with E-state index in [2.05, 4.69) is 29.1 Å². The van der Waals surface area contributed by atoms with Crippen molar-refractivity contribution in [2.75, 3.05) is 17.7 Å². The lowest BCUT2D eigenvalue weighted by molar-refractivity contribution is -0.120. The van der Waals surface area contributed by atoms with Gasteiger partial charge in [0.1, 0.15) is 28.4 Å². The highest BCUT2D eigenvalue weighted by atomic mass is 32.2. The number of anilines is 1. The number of amidine groups is 1. The van der Waals surface area contributed by atoms with Crippen LogP contribution in [0.4, 0.5) is 23.2 Å². The number of carbonyl (C=O) groups excluding carboxylic acids is 1. The quantitative estimate of drug-likeness (QED) is 0.383. The van der Waals surface area contributed by atoms with E-state index in [9.17, 15) is 13.6 Å². The molecular weight excluding hydrogens is 558 g/mol. The number of ether oxygens (including phenoxy) is 1. The Morgan fingerprint density at radius 3 is 2.71 bits per heavy atom. The number of alkyl halides is 3. The van der Waals surface area contributed by atoms with Crippen LogP contribution in [0.25, 0.3) is 0 Å². The summed E-state index contributed by atoms with van der Waals surface area (Å²) in [6.45, 7) is 6.07. The summed E-state index contributed by atoms with van der Waals surface area (Å²) in [6.07, 6.45) is 1.16. The second kappa shape index (κ2) is 11.5. The Morgan fingerprint density at radius 1 is 1.24 bits per heavy atom. The van der Waals surface area contributed by atoms with Gasteiger partial charge in [-0.15, -0.1) is 0 Å².